The Morgan fingerprint density at radius 1 is 1.11 bits per heavy atom. The third kappa shape index (κ3) is 5.04. The summed E-state index contributed by atoms with van der Waals surface area (Å²) in [6, 6.07) is 0. The minimum atomic E-state index is -4.14. The Hall–Kier alpha value is -3.14. The van der Waals surface area contributed by atoms with E-state index in [1.54, 1.807) is 0 Å². The molecule has 3 aromatic heterocycles. The Bertz CT molecular complexity index is 1280. The molecule has 3 atom stereocenters. The van der Waals surface area contributed by atoms with E-state index in [1.807, 2.05) is 0 Å². The van der Waals surface area contributed by atoms with Gasteiger partial charge in [-0.25, -0.2) is 18.4 Å². The van der Waals surface area contributed by atoms with E-state index in [1.165, 1.54) is 51.5 Å². The second kappa shape index (κ2) is 10.9. The van der Waals surface area contributed by atoms with Gasteiger partial charge in [0.15, 0.2) is 17.3 Å². The maximum Gasteiger partial charge on any atom is 0.245 e. The summed E-state index contributed by atoms with van der Waals surface area (Å²) in [5.41, 5.74) is 0.215. The van der Waals surface area contributed by atoms with E-state index in [2.05, 4.69) is 34.9 Å². The summed E-state index contributed by atoms with van der Waals surface area (Å²) < 4.78 is 52.9. The molecule has 0 saturated carbocycles. The van der Waals surface area contributed by atoms with Crippen molar-refractivity contribution in [3.63, 3.8) is 0 Å². The van der Waals surface area contributed by atoms with Gasteiger partial charge in [-0.1, -0.05) is 11.6 Å². The molecule has 0 bridgehead atoms. The molecule has 16 heteroatoms. The molecule has 1 aliphatic heterocycles. The predicted octanol–water partition coefficient (Wildman–Crippen LogP) is 1.89. The molecule has 1 aliphatic rings. The summed E-state index contributed by atoms with van der Waals surface area (Å²) in [6.07, 6.45) is 4.03. The van der Waals surface area contributed by atoms with E-state index in [9.17, 15) is 8.42 Å². The molecule has 194 valence electrons. The molecule has 0 aromatic carbocycles. The normalized spacial score (nSPS) is 17.5. The molecule has 1 fully saturated rings. The molecule has 0 spiro atoms. The second-order valence-corrected chi connectivity index (χ2v) is 10.2. The van der Waals surface area contributed by atoms with Crippen molar-refractivity contribution in [2.45, 2.75) is 37.2 Å². The quantitative estimate of drug-likeness (QED) is 0.397. The minimum Gasteiger partial charge on any atom is -0.479 e. The number of halogens is 1. The van der Waals surface area contributed by atoms with Crippen LogP contribution in [0.3, 0.4) is 0 Å². The number of nitrogens with one attached hydrogen (secondary N) is 1. The number of nitrogens with zero attached hydrogens (tertiary/aromatic N) is 7. The number of aromatic nitrogens is 7. The van der Waals surface area contributed by atoms with Crippen molar-refractivity contribution in [3.8, 4) is 17.4 Å². The third-order valence-electron chi connectivity index (χ3n) is 5.57. The predicted molar refractivity (Wildman–Crippen MR) is 127 cm³/mol. The van der Waals surface area contributed by atoms with Crippen molar-refractivity contribution < 1.29 is 27.4 Å². The van der Waals surface area contributed by atoms with Gasteiger partial charge in [0.25, 0.3) is 0 Å². The van der Waals surface area contributed by atoms with Crippen LogP contribution in [0, 0.1) is 0 Å². The molecule has 4 heterocycles. The number of ether oxygens (including phenoxy) is 4. The van der Waals surface area contributed by atoms with Gasteiger partial charge in [0.1, 0.15) is 23.8 Å². The highest BCUT2D eigenvalue weighted by Crippen LogP contribution is 2.37. The Morgan fingerprint density at radius 2 is 1.78 bits per heavy atom. The van der Waals surface area contributed by atoms with Gasteiger partial charge in [-0.2, -0.15) is 9.97 Å². The van der Waals surface area contributed by atoms with Gasteiger partial charge in [0, 0.05) is 26.1 Å². The molecule has 4 rings (SSSR count). The van der Waals surface area contributed by atoms with Gasteiger partial charge < -0.3 is 18.9 Å². The monoisotopic (exact) mass is 540 g/mol. The van der Waals surface area contributed by atoms with Crippen LogP contribution >= 0.6 is 11.6 Å². The highest BCUT2D eigenvalue weighted by molar-refractivity contribution is 7.93. The van der Waals surface area contributed by atoms with Gasteiger partial charge in [0.2, 0.25) is 27.7 Å². The van der Waals surface area contributed by atoms with Crippen LogP contribution in [-0.4, -0.2) is 76.3 Å². The molecule has 1 unspecified atom stereocenters. The van der Waals surface area contributed by atoms with Gasteiger partial charge in [0.05, 0.1) is 19.2 Å². The number of methoxy groups -OCH3 is 3. The summed E-state index contributed by atoms with van der Waals surface area (Å²) in [4.78, 5) is 16.5. The van der Waals surface area contributed by atoms with Crippen molar-refractivity contribution >= 4 is 27.6 Å². The van der Waals surface area contributed by atoms with Crippen molar-refractivity contribution in [2.75, 3.05) is 32.7 Å². The number of sulfonamides is 1. The van der Waals surface area contributed by atoms with Gasteiger partial charge in [-0.3, -0.25) is 9.29 Å². The van der Waals surface area contributed by atoms with E-state index in [0.717, 1.165) is 6.42 Å². The Kier molecular flexibility index (Phi) is 7.82. The fourth-order valence-corrected chi connectivity index (χ4v) is 5.00. The fraction of sp³-hybridized carbons (Fsp3) is 0.500. The lowest BCUT2D eigenvalue weighted by molar-refractivity contribution is 0.0950. The van der Waals surface area contributed by atoms with Crippen LogP contribution in [0.15, 0.2) is 18.7 Å². The van der Waals surface area contributed by atoms with Gasteiger partial charge in [-0.05, 0) is 19.8 Å². The number of hydrogen-bond acceptors (Lipinski definition) is 12. The smallest absolute Gasteiger partial charge is 0.245 e. The summed E-state index contributed by atoms with van der Waals surface area (Å²) >= 11 is 5.86. The molecule has 0 radical (unpaired) electrons. The summed E-state index contributed by atoms with van der Waals surface area (Å²) in [6.45, 7) is 1.99. The van der Waals surface area contributed by atoms with Crippen molar-refractivity contribution in [3.05, 3.63) is 35.4 Å². The third-order valence-corrected chi connectivity index (χ3v) is 7.46. The standard InChI is InChI=1S/C20H25ClN8O6S/c1-11(15(32-2)16-22-8-12(21)9-23-16)36(30,31)28-20-27-26-17(13-6-5-7-35-13)29(20)14-18(33-3)24-10-25-19(14)34-4/h8-11,13,15H,5-7H2,1-4H3,(H,27,28)/t11-,13?,15-/m0/s1. The first kappa shape index (κ1) is 25.9. The zero-order chi connectivity index (χ0) is 25.9. The van der Waals surface area contributed by atoms with E-state index >= 15 is 0 Å². The van der Waals surface area contributed by atoms with Gasteiger partial charge >= 0.3 is 0 Å². The van der Waals surface area contributed by atoms with E-state index in [-0.39, 0.29) is 29.2 Å². The first-order chi connectivity index (χ1) is 17.3. The molecule has 3 aromatic rings. The number of rotatable bonds is 10. The molecule has 0 aliphatic carbocycles. The van der Waals surface area contributed by atoms with Crippen molar-refractivity contribution in [1.82, 2.24) is 34.7 Å². The SMILES string of the molecule is COc1ncnc(OC)c1-n1c(NS(=O)(=O)[C@@H](C)[C@H](OC)c2ncc(Cl)cn2)nnc1C1CCCO1. The Balaban J connectivity index is 1.77. The zero-order valence-electron chi connectivity index (χ0n) is 20.0. The number of hydrogen-bond donors (Lipinski definition) is 1. The topological polar surface area (TPSA) is 165 Å². The number of anilines is 1. The summed E-state index contributed by atoms with van der Waals surface area (Å²) in [5, 5.41) is 7.50. The van der Waals surface area contributed by atoms with Crippen LogP contribution in [0.1, 0.15) is 43.6 Å². The highest BCUT2D eigenvalue weighted by atomic mass is 35.5. The van der Waals surface area contributed by atoms with E-state index in [0.29, 0.717) is 23.9 Å². The molecular weight excluding hydrogens is 516 g/mol. The van der Waals surface area contributed by atoms with E-state index < -0.39 is 27.5 Å². The lowest BCUT2D eigenvalue weighted by atomic mass is 10.2. The lowest BCUT2D eigenvalue weighted by Gasteiger charge is -2.22. The van der Waals surface area contributed by atoms with Crippen LogP contribution in [0.25, 0.3) is 5.69 Å². The molecule has 36 heavy (non-hydrogen) atoms. The first-order valence-electron chi connectivity index (χ1n) is 10.8. The van der Waals surface area contributed by atoms with Crippen molar-refractivity contribution in [2.24, 2.45) is 0 Å². The highest BCUT2D eigenvalue weighted by Gasteiger charge is 2.36. The van der Waals surface area contributed by atoms with Crippen LogP contribution in [0.4, 0.5) is 5.95 Å². The Morgan fingerprint density at radius 3 is 2.33 bits per heavy atom. The maximum atomic E-state index is 13.5. The molecule has 0 amide bonds. The Labute approximate surface area is 212 Å². The van der Waals surface area contributed by atoms with Crippen LogP contribution < -0.4 is 14.2 Å². The van der Waals surface area contributed by atoms with Gasteiger partial charge in [-0.15, -0.1) is 10.2 Å². The van der Waals surface area contributed by atoms with Crippen LogP contribution in [0.5, 0.6) is 11.8 Å². The summed E-state index contributed by atoms with van der Waals surface area (Å²) in [5.74, 6) is 0.609. The first-order valence-corrected chi connectivity index (χ1v) is 12.7. The molecule has 1 N–H and O–H groups in total. The second-order valence-electron chi connectivity index (χ2n) is 7.73. The van der Waals surface area contributed by atoms with E-state index in [4.69, 9.17) is 30.5 Å². The largest absolute Gasteiger partial charge is 0.479 e. The molecule has 14 nitrogen and oxygen atoms in total. The van der Waals surface area contributed by atoms with Crippen LogP contribution in [-0.2, 0) is 19.5 Å². The average molecular weight is 541 g/mol. The lowest BCUT2D eigenvalue weighted by Crippen LogP contribution is -2.33. The minimum absolute atomic E-state index is 0.124. The summed E-state index contributed by atoms with van der Waals surface area (Å²) in [7, 11) is 0.0659. The fourth-order valence-electron chi connectivity index (χ4n) is 3.77. The average Bonchev–Trinajstić information content (AvgIpc) is 3.54. The maximum absolute atomic E-state index is 13.5. The zero-order valence-corrected chi connectivity index (χ0v) is 21.5. The molecular formula is C20H25ClN8O6S. The molecule has 1 saturated heterocycles. The van der Waals surface area contributed by atoms with Crippen LogP contribution in [0.2, 0.25) is 5.02 Å². The van der Waals surface area contributed by atoms with Crippen molar-refractivity contribution in [1.29, 1.82) is 0 Å².